The molecule has 0 bridgehead atoms. The summed E-state index contributed by atoms with van der Waals surface area (Å²) >= 11 is 0. The van der Waals surface area contributed by atoms with Crippen molar-refractivity contribution >= 4 is 0 Å². The molecule has 3 nitrogen and oxygen atoms in total. The summed E-state index contributed by atoms with van der Waals surface area (Å²) in [6.45, 7) is 2.17. The third kappa shape index (κ3) is 3.14. The molecule has 1 aliphatic rings. The number of aromatic nitrogens is 2. The van der Waals surface area contributed by atoms with Crippen LogP contribution in [0.5, 0.6) is 0 Å². The van der Waals surface area contributed by atoms with Crippen molar-refractivity contribution in [2.75, 3.05) is 7.05 Å². The molecule has 102 valence electrons. The second-order valence-corrected chi connectivity index (χ2v) is 5.61. The second kappa shape index (κ2) is 6.37. The molecule has 0 aromatic carbocycles. The molecule has 0 saturated heterocycles. The number of hydrogen-bond donors (Lipinski definition) is 1. The van der Waals surface area contributed by atoms with Gasteiger partial charge in [0.05, 0.1) is 11.4 Å². The van der Waals surface area contributed by atoms with Crippen molar-refractivity contribution in [1.82, 2.24) is 15.1 Å². The average Bonchev–Trinajstić information content (AvgIpc) is 3.00. The number of hydrogen-bond acceptors (Lipinski definition) is 2. The van der Waals surface area contributed by atoms with Crippen LogP contribution in [-0.4, -0.2) is 16.8 Å². The Kier molecular flexibility index (Phi) is 4.81. The molecule has 1 aromatic rings. The zero-order valence-corrected chi connectivity index (χ0v) is 12.1. The summed E-state index contributed by atoms with van der Waals surface area (Å²) in [5.74, 6) is 0.972. The van der Waals surface area contributed by atoms with E-state index in [9.17, 15) is 0 Å². The first-order valence-electron chi connectivity index (χ1n) is 7.44. The first-order chi connectivity index (χ1) is 8.74. The molecule has 2 rings (SSSR count). The quantitative estimate of drug-likeness (QED) is 0.839. The highest BCUT2D eigenvalue weighted by molar-refractivity contribution is 5.14. The predicted octanol–water partition coefficient (Wildman–Crippen LogP) is 3.21. The highest BCUT2D eigenvalue weighted by Crippen LogP contribution is 2.31. The predicted molar refractivity (Wildman–Crippen MR) is 75.6 cm³/mol. The number of nitrogens with one attached hydrogen (secondary N) is 1. The molecule has 3 heteroatoms. The van der Waals surface area contributed by atoms with Gasteiger partial charge in [0, 0.05) is 13.1 Å². The Hall–Kier alpha value is -0.830. The Balaban J connectivity index is 1.95. The summed E-state index contributed by atoms with van der Waals surface area (Å²) in [7, 11) is 4.13. The van der Waals surface area contributed by atoms with E-state index in [2.05, 4.69) is 42.2 Å². The first-order valence-corrected chi connectivity index (χ1v) is 7.44. The minimum Gasteiger partial charge on any atom is -0.312 e. The lowest BCUT2D eigenvalue weighted by molar-refractivity contribution is 0.414. The van der Waals surface area contributed by atoms with Crippen LogP contribution in [0.25, 0.3) is 0 Å². The maximum Gasteiger partial charge on any atom is 0.0625 e. The topological polar surface area (TPSA) is 29.9 Å². The molecular formula is C15H27N3. The van der Waals surface area contributed by atoms with Gasteiger partial charge < -0.3 is 5.32 Å². The smallest absolute Gasteiger partial charge is 0.0625 e. The van der Waals surface area contributed by atoms with Crippen molar-refractivity contribution in [3.8, 4) is 0 Å². The van der Waals surface area contributed by atoms with Gasteiger partial charge in [-0.3, -0.25) is 4.68 Å². The van der Waals surface area contributed by atoms with E-state index in [1.807, 2.05) is 0 Å². The molecule has 1 N–H and O–H groups in total. The Bertz CT molecular complexity index is 364. The molecule has 1 fully saturated rings. The highest BCUT2D eigenvalue weighted by Gasteiger charge is 2.19. The van der Waals surface area contributed by atoms with E-state index in [4.69, 9.17) is 0 Å². The molecule has 1 saturated carbocycles. The van der Waals surface area contributed by atoms with Crippen LogP contribution >= 0.6 is 0 Å². The Morgan fingerprint density at radius 3 is 2.72 bits per heavy atom. The molecular weight excluding hydrogens is 222 g/mol. The fourth-order valence-electron chi connectivity index (χ4n) is 3.18. The van der Waals surface area contributed by atoms with Gasteiger partial charge in [0.25, 0.3) is 0 Å². The van der Waals surface area contributed by atoms with Gasteiger partial charge >= 0.3 is 0 Å². The zero-order valence-electron chi connectivity index (χ0n) is 12.1. The molecule has 1 aliphatic carbocycles. The average molecular weight is 249 g/mol. The fourth-order valence-corrected chi connectivity index (χ4v) is 3.18. The molecule has 1 unspecified atom stereocenters. The molecule has 0 radical (unpaired) electrons. The molecule has 1 atom stereocenters. The van der Waals surface area contributed by atoms with Crippen LogP contribution in [-0.2, 0) is 13.5 Å². The third-order valence-electron chi connectivity index (χ3n) is 4.37. The van der Waals surface area contributed by atoms with Crippen molar-refractivity contribution in [3.63, 3.8) is 0 Å². The van der Waals surface area contributed by atoms with Gasteiger partial charge in [-0.15, -0.1) is 0 Å². The summed E-state index contributed by atoms with van der Waals surface area (Å²) in [6, 6.07) is 2.72. The van der Waals surface area contributed by atoms with Crippen molar-refractivity contribution in [2.24, 2.45) is 13.0 Å². The van der Waals surface area contributed by atoms with Crippen LogP contribution in [0.3, 0.4) is 0 Å². The van der Waals surface area contributed by atoms with Crippen LogP contribution in [0, 0.1) is 5.92 Å². The normalized spacial score (nSPS) is 18.4. The van der Waals surface area contributed by atoms with Crippen LogP contribution < -0.4 is 5.32 Å². The maximum atomic E-state index is 4.55. The summed E-state index contributed by atoms with van der Waals surface area (Å²) in [5.41, 5.74) is 2.54. The van der Waals surface area contributed by atoms with E-state index < -0.39 is 0 Å². The summed E-state index contributed by atoms with van der Waals surface area (Å²) in [4.78, 5) is 0. The number of nitrogens with zero attached hydrogens (tertiary/aromatic N) is 2. The number of aryl methyl sites for hydroxylation is 2. The monoisotopic (exact) mass is 249 g/mol. The molecule has 0 amide bonds. The Morgan fingerprint density at radius 2 is 2.17 bits per heavy atom. The third-order valence-corrected chi connectivity index (χ3v) is 4.37. The molecule has 0 spiro atoms. The van der Waals surface area contributed by atoms with Crippen molar-refractivity contribution in [2.45, 2.75) is 57.9 Å². The molecule has 1 heterocycles. The van der Waals surface area contributed by atoms with E-state index in [0.717, 1.165) is 12.3 Å². The van der Waals surface area contributed by atoms with Gasteiger partial charge in [-0.25, -0.2) is 0 Å². The molecule has 1 aromatic heterocycles. The van der Waals surface area contributed by atoms with Gasteiger partial charge in [0.15, 0.2) is 0 Å². The van der Waals surface area contributed by atoms with Crippen LogP contribution in [0.2, 0.25) is 0 Å². The summed E-state index contributed by atoms with van der Waals surface area (Å²) in [6.07, 6.45) is 9.40. The summed E-state index contributed by atoms with van der Waals surface area (Å²) < 4.78 is 2.05. The van der Waals surface area contributed by atoms with Gasteiger partial charge in [0.1, 0.15) is 0 Å². The summed E-state index contributed by atoms with van der Waals surface area (Å²) in [5, 5.41) is 8.01. The van der Waals surface area contributed by atoms with E-state index in [1.54, 1.807) is 0 Å². The highest BCUT2D eigenvalue weighted by atomic mass is 15.3. The lowest BCUT2D eigenvalue weighted by Crippen LogP contribution is -2.20. The minimum atomic E-state index is 0.461. The largest absolute Gasteiger partial charge is 0.312 e. The number of rotatable bonds is 6. The lowest BCUT2D eigenvalue weighted by Gasteiger charge is -2.18. The van der Waals surface area contributed by atoms with E-state index in [1.165, 1.54) is 49.9 Å². The van der Waals surface area contributed by atoms with E-state index >= 15 is 0 Å². The van der Waals surface area contributed by atoms with Crippen molar-refractivity contribution in [3.05, 3.63) is 17.5 Å². The maximum absolute atomic E-state index is 4.55. The van der Waals surface area contributed by atoms with Crippen LogP contribution in [0.1, 0.15) is 62.9 Å². The van der Waals surface area contributed by atoms with Gasteiger partial charge in [0.2, 0.25) is 0 Å². The standard InChI is InChI=1S/C15H27N3/c1-4-13-11-15(18(3)17-13)14(16-2)10-9-12-7-5-6-8-12/h11-12,14,16H,4-10H2,1-3H3. The first kappa shape index (κ1) is 13.6. The Morgan fingerprint density at radius 1 is 1.44 bits per heavy atom. The van der Waals surface area contributed by atoms with Gasteiger partial charge in [-0.2, -0.15) is 5.10 Å². The zero-order chi connectivity index (χ0) is 13.0. The molecule has 0 aliphatic heterocycles. The van der Waals surface area contributed by atoms with Crippen LogP contribution in [0.4, 0.5) is 0 Å². The fraction of sp³-hybridized carbons (Fsp3) is 0.800. The Labute approximate surface area is 111 Å². The van der Waals surface area contributed by atoms with Crippen LogP contribution in [0.15, 0.2) is 6.07 Å². The van der Waals surface area contributed by atoms with Gasteiger partial charge in [-0.1, -0.05) is 32.6 Å². The van der Waals surface area contributed by atoms with Gasteiger partial charge in [-0.05, 0) is 38.3 Å². The van der Waals surface area contributed by atoms with E-state index in [-0.39, 0.29) is 0 Å². The lowest BCUT2D eigenvalue weighted by atomic mass is 9.97. The second-order valence-electron chi connectivity index (χ2n) is 5.61. The SMILES string of the molecule is CCc1cc(C(CCC2CCCC2)NC)n(C)n1. The van der Waals surface area contributed by atoms with Crippen molar-refractivity contribution in [1.29, 1.82) is 0 Å². The van der Waals surface area contributed by atoms with Crippen molar-refractivity contribution < 1.29 is 0 Å². The molecule has 18 heavy (non-hydrogen) atoms. The minimum absolute atomic E-state index is 0.461. The van der Waals surface area contributed by atoms with E-state index in [0.29, 0.717) is 6.04 Å².